The Morgan fingerprint density at radius 3 is 2.93 bits per heavy atom. The first-order valence-electron chi connectivity index (χ1n) is 5.78. The van der Waals surface area contributed by atoms with Gasteiger partial charge in [-0.3, -0.25) is 4.79 Å². The molecule has 1 aliphatic heterocycles. The second-order valence-electron chi connectivity index (χ2n) is 4.61. The van der Waals surface area contributed by atoms with Gasteiger partial charge in [-0.05, 0) is 32.7 Å². The molecule has 3 N–H and O–H groups in total. The monoisotopic (exact) mass is 214 g/mol. The molecule has 0 aliphatic carbocycles. The number of hydrogen-bond acceptors (Lipinski definition) is 3. The maximum atomic E-state index is 11.6. The maximum absolute atomic E-state index is 11.6. The molecule has 0 aromatic rings. The Labute approximate surface area is 91.4 Å². The molecular weight excluding hydrogens is 192 g/mol. The van der Waals surface area contributed by atoms with Crippen LogP contribution in [-0.4, -0.2) is 35.7 Å². The minimum atomic E-state index is -0.775. The largest absolute Gasteiger partial charge is 0.388 e. The fourth-order valence-corrected chi connectivity index (χ4v) is 1.94. The van der Waals surface area contributed by atoms with Crippen molar-refractivity contribution in [2.24, 2.45) is 0 Å². The van der Waals surface area contributed by atoms with Crippen LogP contribution in [0.3, 0.4) is 0 Å². The van der Waals surface area contributed by atoms with Gasteiger partial charge < -0.3 is 15.7 Å². The van der Waals surface area contributed by atoms with Crippen LogP contribution >= 0.6 is 0 Å². The highest BCUT2D eigenvalue weighted by Crippen LogP contribution is 2.11. The molecule has 2 atom stereocenters. The van der Waals surface area contributed by atoms with Gasteiger partial charge in [-0.25, -0.2) is 0 Å². The first-order valence-corrected chi connectivity index (χ1v) is 5.78. The Balaban J connectivity index is 2.26. The van der Waals surface area contributed by atoms with Crippen molar-refractivity contribution in [2.45, 2.75) is 51.2 Å². The maximum Gasteiger partial charge on any atom is 0.237 e. The van der Waals surface area contributed by atoms with Gasteiger partial charge in [-0.2, -0.15) is 0 Å². The Kier molecular flexibility index (Phi) is 4.54. The molecule has 15 heavy (non-hydrogen) atoms. The van der Waals surface area contributed by atoms with Crippen molar-refractivity contribution in [3.8, 4) is 0 Å². The van der Waals surface area contributed by atoms with E-state index in [4.69, 9.17) is 0 Å². The summed E-state index contributed by atoms with van der Waals surface area (Å²) in [4.78, 5) is 11.6. The van der Waals surface area contributed by atoms with E-state index in [1.165, 1.54) is 0 Å². The van der Waals surface area contributed by atoms with Crippen LogP contribution in [0.1, 0.15) is 39.5 Å². The molecule has 1 aliphatic rings. The number of carbonyl (C=O) groups is 1. The van der Waals surface area contributed by atoms with E-state index in [2.05, 4.69) is 10.6 Å². The Morgan fingerprint density at radius 2 is 2.40 bits per heavy atom. The van der Waals surface area contributed by atoms with Crippen molar-refractivity contribution in [1.29, 1.82) is 0 Å². The Bertz CT molecular complexity index is 211. The number of amides is 1. The van der Waals surface area contributed by atoms with E-state index in [1.807, 2.05) is 6.92 Å². The molecule has 1 amide bonds. The van der Waals surface area contributed by atoms with Gasteiger partial charge in [0.25, 0.3) is 0 Å². The molecule has 0 spiro atoms. The first-order chi connectivity index (χ1) is 7.05. The van der Waals surface area contributed by atoms with Crippen LogP contribution in [0.15, 0.2) is 0 Å². The predicted molar refractivity (Wildman–Crippen MR) is 59.6 cm³/mol. The molecule has 1 rings (SSSR count). The van der Waals surface area contributed by atoms with E-state index in [0.717, 1.165) is 25.8 Å². The second-order valence-corrected chi connectivity index (χ2v) is 4.61. The lowest BCUT2D eigenvalue weighted by molar-refractivity contribution is -0.124. The molecule has 1 heterocycles. The number of carbonyl (C=O) groups excluding carboxylic acids is 1. The van der Waals surface area contributed by atoms with Crippen LogP contribution in [0, 0.1) is 0 Å². The Morgan fingerprint density at radius 1 is 1.67 bits per heavy atom. The fraction of sp³-hybridized carbons (Fsp3) is 0.909. The summed E-state index contributed by atoms with van der Waals surface area (Å²) < 4.78 is 0. The summed E-state index contributed by atoms with van der Waals surface area (Å²) in [6, 6.07) is -0.0533. The number of rotatable bonds is 5. The summed E-state index contributed by atoms with van der Waals surface area (Å²) >= 11 is 0. The van der Waals surface area contributed by atoms with Gasteiger partial charge >= 0.3 is 0 Å². The van der Waals surface area contributed by atoms with Crippen LogP contribution in [0.5, 0.6) is 0 Å². The first kappa shape index (κ1) is 12.5. The zero-order chi connectivity index (χ0) is 11.3. The van der Waals surface area contributed by atoms with E-state index < -0.39 is 5.60 Å². The standard InChI is InChI=1S/C11H22N2O2/c1-3-6-11(2,15)8-13-10(14)9-5-4-7-12-9/h9,12,15H,3-8H2,1-2H3,(H,13,14). The predicted octanol–water partition coefficient (Wildman–Crippen LogP) is 0.406. The molecule has 0 aromatic heterocycles. The summed E-state index contributed by atoms with van der Waals surface area (Å²) in [5.74, 6) is 0.0175. The van der Waals surface area contributed by atoms with E-state index >= 15 is 0 Å². The fourth-order valence-electron chi connectivity index (χ4n) is 1.94. The zero-order valence-corrected chi connectivity index (χ0v) is 9.68. The Hall–Kier alpha value is -0.610. The van der Waals surface area contributed by atoms with E-state index in [0.29, 0.717) is 13.0 Å². The second kappa shape index (κ2) is 5.47. The van der Waals surface area contributed by atoms with Crippen molar-refractivity contribution >= 4 is 5.91 Å². The average Bonchev–Trinajstić information content (AvgIpc) is 2.67. The molecule has 0 aromatic carbocycles. The van der Waals surface area contributed by atoms with E-state index in [-0.39, 0.29) is 11.9 Å². The molecule has 2 unspecified atom stereocenters. The lowest BCUT2D eigenvalue weighted by atomic mass is 10.0. The van der Waals surface area contributed by atoms with Crippen molar-refractivity contribution in [3.05, 3.63) is 0 Å². The lowest BCUT2D eigenvalue weighted by Gasteiger charge is -2.23. The highest BCUT2D eigenvalue weighted by molar-refractivity contribution is 5.82. The van der Waals surface area contributed by atoms with Gasteiger partial charge in [0.1, 0.15) is 0 Å². The topological polar surface area (TPSA) is 61.4 Å². The molecule has 0 radical (unpaired) electrons. The minimum Gasteiger partial charge on any atom is -0.388 e. The third-order valence-electron chi connectivity index (χ3n) is 2.81. The average molecular weight is 214 g/mol. The van der Waals surface area contributed by atoms with Crippen molar-refractivity contribution in [3.63, 3.8) is 0 Å². The minimum absolute atomic E-state index is 0.0175. The summed E-state index contributed by atoms with van der Waals surface area (Å²) in [5, 5.41) is 15.8. The molecule has 4 heteroatoms. The number of aliphatic hydroxyl groups is 1. The SMILES string of the molecule is CCCC(C)(O)CNC(=O)C1CCCN1. The molecule has 1 saturated heterocycles. The van der Waals surface area contributed by atoms with Gasteiger partial charge in [-0.1, -0.05) is 13.3 Å². The summed E-state index contributed by atoms with van der Waals surface area (Å²) in [7, 11) is 0. The third-order valence-corrected chi connectivity index (χ3v) is 2.81. The van der Waals surface area contributed by atoms with Crippen molar-refractivity contribution in [1.82, 2.24) is 10.6 Å². The summed E-state index contributed by atoms with van der Waals surface area (Å²) in [5.41, 5.74) is -0.775. The molecule has 88 valence electrons. The van der Waals surface area contributed by atoms with E-state index in [1.54, 1.807) is 6.92 Å². The van der Waals surface area contributed by atoms with Crippen LogP contribution in [0.4, 0.5) is 0 Å². The number of hydrogen-bond donors (Lipinski definition) is 3. The summed E-state index contributed by atoms with van der Waals surface area (Å²) in [6.07, 6.45) is 3.60. The highest BCUT2D eigenvalue weighted by Gasteiger charge is 2.25. The van der Waals surface area contributed by atoms with Gasteiger partial charge in [-0.15, -0.1) is 0 Å². The summed E-state index contributed by atoms with van der Waals surface area (Å²) in [6.45, 7) is 5.05. The zero-order valence-electron chi connectivity index (χ0n) is 9.68. The highest BCUT2D eigenvalue weighted by atomic mass is 16.3. The molecule has 4 nitrogen and oxygen atoms in total. The molecule has 1 fully saturated rings. The smallest absolute Gasteiger partial charge is 0.237 e. The van der Waals surface area contributed by atoms with Gasteiger partial charge in [0.05, 0.1) is 11.6 Å². The van der Waals surface area contributed by atoms with Crippen molar-refractivity contribution < 1.29 is 9.90 Å². The van der Waals surface area contributed by atoms with Gasteiger partial charge in [0.2, 0.25) is 5.91 Å². The normalized spacial score (nSPS) is 24.9. The van der Waals surface area contributed by atoms with Crippen LogP contribution < -0.4 is 10.6 Å². The van der Waals surface area contributed by atoms with E-state index in [9.17, 15) is 9.90 Å². The van der Waals surface area contributed by atoms with Gasteiger partial charge in [0.15, 0.2) is 0 Å². The molecular formula is C11H22N2O2. The third kappa shape index (κ3) is 4.18. The molecule has 0 saturated carbocycles. The van der Waals surface area contributed by atoms with Crippen LogP contribution in [0.2, 0.25) is 0 Å². The van der Waals surface area contributed by atoms with Crippen LogP contribution in [0.25, 0.3) is 0 Å². The quantitative estimate of drug-likeness (QED) is 0.621. The van der Waals surface area contributed by atoms with Crippen LogP contribution in [-0.2, 0) is 4.79 Å². The number of nitrogens with one attached hydrogen (secondary N) is 2. The van der Waals surface area contributed by atoms with Gasteiger partial charge in [0, 0.05) is 6.54 Å². The lowest BCUT2D eigenvalue weighted by Crippen LogP contribution is -2.46. The van der Waals surface area contributed by atoms with Crippen molar-refractivity contribution in [2.75, 3.05) is 13.1 Å². The molecule has 0 bridgehead atoms.